The van der Waals surface area contributed by atoms with Crippen LogP contribution in [0.25, 0.3) is 0 Å². The molecule has 182 valence electrons. The van der Waals surface area contributed by atoms with Crippen LogP contribution in [-0.4, -0.2) is 85.0 Å². The third kappa shape index (κ3) is 7.51. The van der Waals surface area contributed by atoms with Gasteiger partial charge in [0, 0.05) is 6.08 Å². The molecule has 2 rings (SSSR count). The molecule has 0 amide bonds. The summed E-state index contributed by atoms with van der Waals surface area (Å²) >= 11 is 0. The predicted molar refractivity (Wildman–Crippen MR) is 104 cm³/mol. The molecule has 1 aromatic rings. The molecule has 1 fully saturated rings. The average molecular weight is 482 g/mol. The van der Waals surface area contributed by atoms with Crippen molar-refractivity contribution >= 4 is 36.2 Å². The predicted octanol–water partition coefficient (Wildman–Crippen LogP) is 1.03. The van der Waals surface area contributed by atoms with Gasteiger partial charge < -0.3 is 38.6 Å². The summed E-state index contributed by atoms with van der Waals surface area (Å²) in [5.41, 5.74) is -1.54. The van der Waals surface area contributed by atoms with Gasteiger partial charge in [-0.1, -0.05) is 6.58 Å². The van der Waals surface area contributed by atoms with E-state index in [4.69, 9.17) is 24.1 Å². The van der Waals surface area contributed by atoms with E-state index in [1.807, 2.05) is 0 Å². The first kappa shape index (κ1) is 25.6. The van der Waals surface area contributed by atoms with Crippen molar-refractivity contribution in [2.24, 2.45) is 0 Å². The Bertz CT molecular complexity index is 997. The van der Waals surface area contributed by atoms with E-state index >= 15 is 0 Å². The van der Waals surface area contributed by atoms with Crippen LogP contribution in [0.5, 0.6) is 0 Å². The Morgan fingerprint density at radius 3 is 2.32 bits per heavy atom. The summed E-state index contributed by atoms with van der Waals surface area (Å²) in [4.78, 5) is 68.8. The Balaban J connectivity index is 2.02. The number of carboxylic acids is 2. The second-order valence-corrected chi connectivity index (χ2v) is 6.41. The van der Waals surface area contributed by atoms with E-state index in [1.165, 1.54) is 0 Å². The molecule has 0 aromatic heterocycles. The standard InChI is InChI=1S/C20H18O14/c1-2-15(21)29-6-11(7-30-19(27)31-8-12-9-32-20(28)34-12)33-18(26)10-3-4-13(16(22)23)14(5-10)17(24)25/h2-5,11-12H,1,6-9H2,(H,22,23)(H,24,25). The number of carbonyl (C=O) groups excluding carboxylic acids is 4. The summed E-state index contributed by atoms with van der Waals surface area (Å²) in [6, 6.07) is 2.72. The maximum Gasteiger partial charge on any atom is 0.508 e. The van der Waals surface area contributed by atoms with E-state index < -0.39 is 72.7 Å². The minimum Gasteiger partial charge on any atom is -0.478 e. The Morgan fingerprint density at radius 1 is 1.06 bits per heavy atom. The van der Waals surface area contributed by atoms with Crippen LogP contribution >= 0.6 is 0 Å². The van der Waals surface area contributed by atoms with Crippen LogP contribution in [0.4, 0.5) is 9.59 Å². The van der Waals surface area contributed by atoms with Gasteiger partial charge in [-0.3, -0.25) is 0 Å². The number of esters is 2. The normalized spacial score (nSPS) is 15.2. The van der Waals surface area contributed by atoms with Crippen molar-refractivity contribution < 1.29 is 67.4 Å². The molecule has 0 aliphatic carbocycles. The Morgan fingerprint density at radius 2 is 1.74 bits per heavy atom. The molecule has 1 aliphatic heterocycles. The Kier molecular flexibility index (Phi) is 8.93. The molecule has 1 saturated heterocycles. The van der Waals surface area contributed by atoms with Gasteiger partial charge in [-0.2, -0.15) is 0 Å². The maximum atomic E-state index is 12.4. The molecule has 0 spiro atoms. The Hall–Kier alpha value is -4.62. The summed E-state index contributed by atoms with van der Waals surface area (Å²) in [5, 5.41) is 18.2. The number of ether oxygens (including phenoxy) is 6. The highest BCUT2D eigenvalue weighted by Crippen LogP contribution is 2.15. The summed E-state index contributed by atoms with van der Waals surface area (Å²) in [7, 11) is 0. The lowest BCUT2D eigenvalue weighted by Gasteiger charge is -2.18. The van der Waals surface area contributed by atoms with E-state index in [9.17, 15) is 33.9 Å². The monoisotopic (exact) mass is 482 g/mol. The molecule has 14 heteroatoms. The van der Waals surface area contributed by atoms with Gasteiger partial charge in [0.25, 0.3) is 0 Å². The molecule has 2 N–H and O–H groups in total. The van der Waals surface area contributed by atoms with Crippen molar-refractivity contribution in [1.29, 1.82) is 0 Å². The lowest BCUT2D eigenvalue weighted by Crippen LogP contribution is -2.31. The molecular formula is C20H18O14. The van der Waals surface area contributed by atoms with E-state index in [1.54, 1.807) is 0 Å². The molecule has 34 heavy (non-hydrogen) atoms. The van der Waals surface area contributed by atoms with Gasteiger partial charge in [-0.05, 0) is 18.2 Å². The van der Waals surface area contributed by atoms with Crippen molar-refractivity contribution in [3.63, 3.8) is 0 Å². The lowest BCUT2D eigenvalue weighted by atomic mass is 10.0. The number of cyclic esters (lactones) is 2. The molecule has 0 bridgehead atoms. The van der Waals surface area contributed by atoms with Crippen LogP contribution in [0.15, 0.2) is 30.9 Å². The summed E-state index contributed by atoms with van der Waals surface area (Å²) in [5.74, 6) is -5.10. The van der Waals surface area contributed by atoms with Crippen molar-refractivity contribution in [2.75, 3.05) is 26.4 Å². The number of carbonyl (C=O) groups is 6. The molecule has 14 nitrogen and oxygen atoms in total. The summed E-state index contributed by atoms with van der Waals surface area (Å²) in [6.07, 6.45) is -3.48. The quantitative estimate of drug-likeness (QED) is 0.257. The van der Waals surface area contributed by atoms with Gasteiger partial charge in [0.2, 0.25) is 0 Å². The zero-order valence-corrected chi connectivity index (χ0v) is 17.3. The van der Waals surface area contributed by atoms with Gasteiger partial charge in [0.15, 0.2) is 12.2 Å². The lowest BCUT2D eigenvalue weighted by molar-refractivity contribution is -0.141. The third-order valence-corrected chi connectivity index (χ3v) is 3.99. The van der Waals surface area contributed by atoms with Crippen LogP contribution in [0.3, 0.4) is 0 Å². The molecule has 0 radical (unpaired) electrons. The molecular weight excluding hydrogens is 464 g/mol. The fourth-order valence-corrected chi connectivity index (χ4v) is 2.42. The Labute approximate surface area is 190 Å². The topological polar surface area (TPSA) is 198 Å². The number of aromatic carboxylic acids is 2. The largest absolute Gasteiger partial charge is 0.508 e. The number of hydrogen-bond donors (Lipinski definition) is 2. The van der Waals surface area contributed by atoms with Crippen LogP contribution in [0.2, 0.25) is 0 Å². The van der Waals surface area contributed by atoms with Gasteiger partial charge in [-0.25, -0.2) is 28.8 Å². The molecule has 1 heterocycles. The minimum absolute atomic E-state index is 0.122. The van der Waals surface area contributed by atoms with Crippen molar-refractivity contribution in [1.82, 2.24) is 0 Å². The summed E-state index contributed by atoms with van der Waals surface area (Å²) < 4.78 is 28.6. The van der Waals surface area contributed by atoms with Crippen LogP contribution in [0, 0.1) is 0 Å². The van der Waals surface area contributed by atoms with E-state index in [-0.39, 0.29) is 18.8 Å². The third-order valence-electron chi connectivity index (χ3n) is 3.99. The highest BCUT2D eigenvalue weighted by Gasteiger charge is 2.27. The van der Waals surface area contributed by atoms with Crippen LogP contribution in [-0.2, 0) is 33.2 Å². The fraction of sp³-hybridized carbons (Fsp3) is 0.300. The van der Waals surface area contributed by atoms with Crippen molar-refractivity contribution in [2.45, 2.75) is 12.2 Å². The average Bonchev–Trinajstić information content (AvgIpc) is 3.23. The highest BCUT2D eigenvalue weighted by atomic mass is 16.8. The molecule has 1 aliphatic rings. The molecule has 2 atom stereocenters. The second kappa shape index (κ2) is 11.8. The first-order valence-electron chi connectivity index (χ1n) is 9.34. The van der Waals surface area contributed by atoms with E-state index in [2.05, 4.69) is 16.1 Å². The van der Waals surface area contributed by atoms with Gasteiger partial charge in [0.05, 0.1) is 16.7 Å². The molecule has 2 unspecified atom stereocenters. The van der Waals surface area contributed by atoms with E-state index in [0.29, 0.717) is 0 Å². The SMILES string of the molecule is C=CC(=O)OCC(COC(=O)OCC1COC(=O)O1)OC(=O)c1ccc(C(=O)O)c(C(=O)O)c1. The molecule has 1 aromatic carbocycles. The van der Waals surface area contributed by atoms with Crippen LogP contribution in [0.1, 0.15) is 31.1 Å². The van der Waals surface area contributed by atoms with E-state index in [0.717, 1.165) is 24.3 Å². The zero-order chi connectivity index (χ0) is 25.3. The smallest absolute Gasteiger partial charge is 0.478 e. The zero-order valence-electron chi connectivity index (χ0n) is 17.3. The maximum absolute atomic E-state index is 12.4. The van der Waals surface area contributed by atoms with Gasteiger partial charge >= 0.3 is 36.2 Å². The van der Waals surface area contributed by atoms with Crippen LogP contribution < -0.4 is 0 Å². The minimum atomic E-state index is -1.59. The highest BCUT2D eigenvalue weighted by molar-refractivity contribution is 6.04. The fourth-order valence-electron chi connectivity index (χ4n) is 2.42. The van der Waals surface area contributed by atoms with Crippen molar-refractivity contribution in [3.05, 3.63) is 47.5 Å². The number of benzene rings is 1. The summed E-state index contributed by atoms with van der Waals surface area (Å²) in [6.45, 7) is 1.49. The number of rotatable bonds is 11. The van der Waals surface area contributed by atoms with Crippen molar-refractivity contribution in [3.8, 4) is 0 Å². The number of hydrogen-bond acceptors (Lipinski definition) is 12. The first-order chi connectivity index (χ1) is 16.1. The first-order valence-corrected chi connectivity index (χ1v) is 9.34. The number of carboxylic acid groups (broad SMARTS) is 2. The van der Waals surface area contributed by atoms with Gasteiger partial charge in [0.1, 0.15) is 26.4 Å². The van der Waals surface area contributed by atoms with Gasteiger partial charge in [-0.15, -0.1) is 0 Å². The molecule has 0 saturated carbocycles. The second-order valence-electron chi connectivity index (χ2n) is 6.41.